The number of hydrogen-bond donors (Lipinski definition) is 1. The lowest BCUT2D eigenvalue weighted by molar-refractivity contribution is -0.147. The normalized spacial score (nSPS) is 16.2. The Morgan fingerprint density at radius 1 is 1.11 bits per heavy atom. The van der Waals surface area contributed by atoms with Crippen molar-refractivity contribution < 1.29 is 9.53 Å². The molecule has 0 amide bonds. The molecule has 1 atom stereocenters. The van der Waals surface area contributed by atoms with E-state index in [1.807, 2.05) is 0 Å². The number of rotatable bonds is 11. The van der Waals surface area contributed by atoms with Gasteiger partial charge in [-0.05, 0) is 48.9 Å². The summed E-state index contributed by atoms with van der Waals surface area (Å²) >= 11 is 0. The summed E-state index contributed by atoms with van der Waals surface area (Å²) in [7, 11) is 0. The monoisotopic (exact) mass is 374 g/mol. The lowest BCUT2D eigenvalue weighted by Crippen LogP contribution is -2.37. The molecule has 152 valence electrons. The maximum atomic E-state index is 12.8. The number of esters is 1. The first-order chi connectivity index (χ1) is 13.0. The summed E-state index contributed by atoms with van der Waals surface area (Å²) in [4.78, 5) is 15.2. The van der Waals surface area contributed by atoms with E-state index in [1.54, 1.807) is 0 Å². The zero-order valence-electron chi connectivity index (χ0n) is 17.7. The van der Waals surface area contributed by atoms with Gasteiger partial charge in [0.05, 0.1) is 6.61 Å². The van der Waals surface area contributed by atoms with E-state index in [0.717, 1.165) is 31.7 Å². The number of nitrogens with zero attached hydrogens (tertiary/aromatic N) is 1. The van der Waals surface area contributed by atoms with Gasteiger partial charge in [-0.3, -0.25) is 5.32 Å². The van der Waals surface area contributed by atoms with Gasteiger partial charge in [-0.1, -0.05) is 64.8 Å². The molecule has 0 saturated heterocycles. The van der Waals surface area contributed by atoms with Crippen LogP contribution in [0, 0.1) is 5.92 Å². The van der Waals surface area contributed by atoms with Gasteiger partial charge >= 0.3 is 5.97 Å². The number of carbonyl (C=O) groups excluding carboxylic acids is 1. The number of ether oxygens (including phenoxy) is 1. The molecule has 0 heterocycles. The van der Waals surface area contributed by atoms with Crippen LogP contribution in [0.2, 0.25) is 0 Å². The molecule has 4 nitrogen and oxygen atoms in total. The molecule has 1 N–H and O–H groups in total. The topological polar surface area (TPSA) is 41.6 Å². The summed E-state index contributed by atoms with van der Waals surface area (Å²) in [5, 5.41) is 3.44. The predicted octanol–water partition coefficient (Wildman–Crippen LogP) is 4.52. The highest BCUT2D eigenvalue weighted by molar-refractivity contribution is 5.77. The highest BCUT2D eigenvalue weighted by Gasteiger charge is 2.24. The predicted molar refractivity (Wildman–Crippen MR) is 112 cm³/mol. The molecule has 0 radical (unpaired) electrons. The van der Waals surface area contributed by atoms with Gasteiger partial charge in [0.2, 0.25) is 0 Å². The molecule has 1 unspecified atom stereocenters. The molecule has 4 heteroatoms. The lowest BCUT2D eigenvalue weighted by atomic mass is 9.99. The van der Waals surface area contributed by atoms with Crippen molar-refractivity contribution in [3.8, 4) is 0 Å². The minimum Gasteiger partial charge on any atom is -0.464 e. The molecule has 2 rings (SSSR count). The van der Waals surface area contributed by atoms with E-state index in [2.05, 4.69) is 62.2 Å². The summed E-state index contributed by atoms with van der Waals surface area (Å²) in [6.07, 6.45) is 4.92. The lowest BCUT2D eigenvalue weighted by Gasteiger charge is -2.23. The highest BCUT2D eigenvalue weighted by Crippen LogP contribution is 2.26. The quantitative estimate of drug-likeness (QED) is 0.578. The molecular formula is C23H38N2O2. The minimum absolute atomic E-state index is 0.140. The third-order valence-electron chi connectivity index (χ3n) is 5.78. The van der Waals surface area contributed by atoms with Crippen LogP contribution in [-0.2, 0) is 9.53 Å². The number of benzene rings is 1. The van der Waals surface area contributed by atoms with E-state index in [9.17, 15) is 4.79 Å². The Labute approximate surface area is 165 Å². The van der Waals surface area contributed by atoms with Gasteiger partial charge in [0.1, 0.15) is 6.04 Å². The molecule has 0 aliphatic heterocycles. The van der Waals surface area contributed by atoms with Gasteiger partial charge in [-0.15, -0.1) is 0 Å². The van der Waals surface area contributed by atoms with E-state index < -0.39 is 0 Å². The van der Waals surface area contributed by atoms with E-state index in [4.69, 9.17) is 4.74 Å². The Morgan fingerprint density at radius 2 is 1.70 bits per heavy atom. The van der Waals surface area contributed by atoms with Gasteiger partial charge in [-0.25, -0.2) is 4.79 Å². The second kappa shape index (κ2) is 11.5. The smallest absolute Gasteiger partial charge is 0.327 e. The van der Waals surface area contributed by atoms with Crippen LogP contribution in [0.1, 0.15) is 76.5 Å². The van der Waals surface area contributed by atoms with Crippen molar-refractivity contribution in [3.05, 3.63) is 35.4 Å². The van der Waals surface area contributed by atoms with E-state index >= 15 is 0 Å². The van der Waals surface area contributed by atoms with E-state index in [-0.39, 0.29) is 12.0 Å². The molecule has 0 bridgehead atoms. The fourth-order valence-electron chi connectivity index (χ4n) is 3.78. The third-order valence-corrected chi connectivity index (χ3v) is 5.78. The average Bonchev–Trinajstić information content (AvgIpc) is 3.20. The van der Waals surface area contributed by atoms with Gasteiger partial charge in [0, 0.05) is 13.1 Å². The Morgan fingerprint density at radius 3 is 2.26 bits per heavy atom. The molecule has 1 aliphatic carbocycles. The molecule has 27 heavy (non-hydrogen) atoms. The Bertz CT molecular complexity index is 546. The fraction of sp³-hybridized carbons (Fsp3) is 0.696. The van der Waals surface area contributed by atoms with Crippen molar-refractivity contribution in [2.45, 2.75) is 65.3 Å². The van der Waals surface area contributed by atoms with Gasteiger partial charge in [-0.2, -0.15) is 0 Å². The van der Waals surface area contributed by atoms with Crippen molar-refractivity contribution in [2.24, 2.45) is 5.92 Å². The van der Waals surface area contributed by atoms with E-state index in [1.165, 1.54) is 31.2 Å². The number of hydrogen-bond acceptors (Lipinski definition) is 4. The van der Waals surface area contributed by atoms with Crippen LogP contribution in [0.3, 0.4) is 0 Å². The van der Waals surface area contributed by atoms with Crippen molar-refractivity contribution in [3.63, 3.8) is 0 Å². The summed E-state index contributed by atoms with van der Waals surface area (Å²) in [5.74, 6) is 0.898. The fourth-order valence-corrected chi connectivity index (χ4v) is 3.78. The van der Waals surface area contributed by atoms with Crippen molar-refractivity contribution >= 4 is 5.97 Å². The van der Waals surface area contributed by atoms with Crippen LogP contribution in [0.15, 0.2) is 24.3 Å². The molecule has 1 fully saturated rings. The van der Waals surface area contributed by atoms with Crippen LogP contribution in [0.25, 0.3) is 0 Å². The number of nitrogens with one attached hydrogen (secondary N) is 1. The van der Waals surface area contributed by atoms with Gasteiger partial charge < -0.3 is 9.64 Å². The Kier molecular flexibility index (Phi) is 9.29. The summed E-state index contributed by atoms with van der Waals surface area (Å²) < 4.78 is 5.72. The highest BCUT2D eigenvalue weighted by atomic mass is 16.5. The average molecular weight is 375 g/mol. The first kappa shape index (κ1) is 21.9. The van der Waals surface area contributed by atoms with Crippen LogP contribution in [0.5, 0.6) is 0 Å². The number of likely N-dealkylation sites (N-methyl/N-ethyl adjacent to an activating group) is 1. The molecule has 0 aromatic heterocycles. The first-order valence-electron chi connectivity index (χ1n) is 10.8. The summed E-state index contributed by atoms with van der Waals surface area (Å²) in [6.45, 7) is 13.0. The molecule has 1 saturated carbocycles. The Balaban J connectivity index is 2.00. The van der Waals surface area contributed by atoms with E-state index in [0.29, 0.717) is 18.4 Å². The van der Waals surface area contributed by atoms with Crippen LogP contribution < -0.4 is 5.32 Å². The SMILES string of the molecule is CCN(CC)CCNC(C(=O)OCC1CCCC1)c1ccc(C(C)C)cc1. The van der Waals surface area contributed by atoms with Crippen molar-refractivity contribution in [1.29, 1.82) is 0 Å². The van der Waals surface area contributed by atoms with Crippen molar-refractivity contribution in [1.82, 2.24) is 10.2 Å². The second-order valence-corrected chi connectivity index (χ2v) is 8.02. The first-order valence-corrected chi connectivity index (χ1v) is 10.8. The van der Waals surface area contributed by atoms with Gasteiger partial charge in [0.25, 0.3) is 0 Å². The molecule has 1 aromatic carbocycles. The second-order valence-electron chi connectivity index (χ2n) is 8.02. The van der Waals surface area contributed by atoms with Gasteiger partial charge in [0.15, 0.2) is 0 Å². The van der Waals surface area contributed by atoms with Crippen LogP contribution in [-0.4, -0.2) is 43.7 Å². The minimum atomic E-state index is -0.386. The molecule has 1 aliphatic rings. The summed E-state index contributed by atoms with van der Waals surface area (Å²) in [6, 6.07) is 8.01. The Hall–Kier alpha value is -1.39. The zero-order valence-corrected chi connectivity index (χ0v) is 17.7. The van der Waals surface area contributed by atoms with Crippen molar-refractivity contribution in [2.75, 3.05) is 32.8 Å². The zero-order chi connectivity index (χ0) is 19.6. The summed E-state index contributed by atoms with van der Waals surface area (Å²) in [5.41, 5.74) is 2.29. The van der Waals surface area contributed by atoms with Crippen LogP contribution >= 0.6 is 0 Å². The molecule has 1 aromatic rings. The third kappa shape index (κ3) is 6.93. The maximum absolute atomic E-state index is 12.8. The largest absolute Gasteiger partial charge is 0.464 e. The molecular weight excluding hydrogens is 336 g/mol. The maximum Gasteiger partial charge on any atom is 0.327 e. The number of carbonyl (C=O) groups is 1. The standard InChI is InChI=1S/C23H38N2O2/c1-5-25(6-2)16-15-24-22(21-13-11-20(12-14-21)18(3)4)23(26)27-17-19-9-7-8-10-19/h11-14,18-19,22,24H,5-10,15-17H2,1-4H3. The van der Waals surface area contributed by atoms with Crippen LogP contribution in [0.4, 0.5) is 0 Å². The molecule has 0 spiro atoms.